The molecule has 9 heteroatoms. The Morgan fingerprint density at radius 1 is 1.33 bits per heavy atom. The molecule has 0 fully saturated rings. The fourth-order valence-corrected chi connectivity index (χ4v) is 2.62. The molecule has 3 rings (SSSR count). The van der Waals surface area contributed by atoms with E-state index >= 15 is 0 Å². The van der Waals surface area contributed by atoms with Crippen molar-refractivity contribution in [3.63, 3.8) is 0 Å². The van der Waals surface area contributed by atoms with Crippen LogP contribution >= 0.6 is 0 Å². The third-order valence-electron chi connectivity index (χ3n) is 2.96. The first kappa shape index (κ1) is 13.3. The van der Waals surface area contributed by atoms with Crippen molar-refractivity contribution in [2.75, 3.05) is 6.26 Å². The molecule has 0 saturated carbocycles. The Hall–Kier alpha value is -2.68. The van der Waals surface area contributed by atoms with Gasteiger partial charge in [-0.15, -0.1) is 0 Å². The zero-order chi connectivity index (χ0) is 15.2. The van der Waals surface area contributed by atoms with Crippen LogP contribution in [-0.2, 0) is 9.84 Å². The highest BCUT2D eigenvalue weighted by molar-refractivity contribution is 7.90. The van der Waals surface area contributed by atoms with Gasteiger partial charge in [0.25, 0.3) is 0 Å². The van der Waals surface area contributed by atoms with Crippen molar-refractivity contribution >= 4 is 26.8 Å². The van der Waals surface area contributed by atoms with Crippen molar-refractivity contribution in [3.05, 3.63) is 30.2 Å². The van der Waals surface area contributed by atoms with E-state index in [9.17, 15) is 13.2 Å². The van der Waals surface area contributed by atoms with Crippen LogP contribution in [0.2, 0.25) is 0 Å². The number of hydrogen-bond acceptors (Lipinski definition) is 5. The molecule has 0 unspecified atom stereocenters. The number of carboxylic acids is 1. The summed E-state index contributed by atoms with van der Waals surface area (Å²) >= 11 is 0. The predicted octanol–water partition coefficient (Wildman–Crippen LogP) is 1.05. The summed E-state index contributed by atoms with van der Waals surface area (Å²) < 4.78 is 23.1. The molecule has 0 aliphatic rings. The molecule has 0 amide bonds. The lowest BCUT2D eigenvalue weighted by atomic mass is 10.3. The van der Waals surface area contributed by atoms with Gasteiger partial charge in [-0.1, -0.05) is 0 Å². The summed E-state index contributed by atoms with van der Waals surface area (Å²) in [5.41, 5.74) is 1.10. The maximum absolute atomic E-state index is 11.5. The molecule has 3 aromatic rings. The van der Waals surface area contributed by atoms with E-state index in [4.69, 9.17) is 5.11 Å². The van der Waals surface area contributed by atoms with Gasteiger partial charge >= 0.3 is 5.97 Å². The number of carboxylic acid groups (broad SMARTS) is 1. The molecule has 3 N–H and O–H groups in total. The number of sulfone groups is 1. The molecule has 0 radical (unpaired) electrons. The minimum Gasteiger partial charge on any atom is -0.477 e. The number of nitrogens with one attached hydrogen (secondary N) is 2. The van der Waals surface area contributed by atoms with Crippen LogP contribution in [0, 0.1) is 0 Å². The quantitative estimate of drug-likeness (QED) is 0.663. The van der Waals surface area contributed by atoms with Gasteiger partial charge < -0.3 is 15.1 Å². The fraction of sp³-hybridized carbons (Fsp3) is 0.0833. The minimum atomic E-state index is -3.32. The van der Waals surface area contributed by atoms with E-state index in [-0.39, 0.29) is 22.1 Å². The van der Waals surface area contributed by atoms with Gasteiger partial charge in [-0.3, -0.25) is 0 Å². The van der Waals surface area contributed by atoms with E-state index in [0.29, 0.717) is 11.0 Å². The molecule has 0 spiro atoms. The minimum absolute atomic E-state index is 0.0857. The molecule has 2 aromatic heterocycles. The highest BCUT2D eigenvalue weighted by Gasteiger charge is 2.18. The Morgan fingerprint density at radius 2 is 2.10 bits per heavy atom. The first-order valence-corrected chi connectivity index (χ1v) is 7.72. The molecule has 2 heterocycles. The first-order valence-electron chi connectivity index (χ1n) is 5.83. The molecule has 0 aliphatic heterocycles. The predicted molar refractivity (Wildman–Crippen MR) is 73.7 cm³/mol. The van der Waals surface area contributed by atoms with Crippen LogP contribution < -0.4 is 0 Å². The topological polar surface area (TPSA) is 129 Å². The van der Waals surface area contributed by atoms with Crippen LogP contribution in [0.4, 0.5) is 0 Å². The summed E-state index contributed by atoms with van der Waals surface area (Å²) in [6.45, 7) is 0. The van der Waals surface area contributed by atoms with Gasteiger partial charge in [0.15, 0.2) is 21.4 Å². The van der Waals surface area contributed by atoms with Crippen molar-refractivity contribution < 1.29 is 18.3 Å². The largest absolute Gasteiger partial charge is 0.477 e. The summed E-state index contributed by atoms with van der Waals surface area (Å²) in [4.78, 5) is 24.8. The first-order chi connectivity index (χ1) is 9.86. The second-order valence-electron chi connectivity index (χ2n) is 4.47. The smallest absolute Gasteiger partial charge is 0.354 e. The van der Waals surface area contributed by atoms with Crippen LogP contribution in [0.3, 0.4) is 0 Å². The molecule has 8 nitrogen and oxygen atoms in total. The normalized spacial score (nSPS) is 11.9. The van der Waals surface area contributed by atoms with E-state index in [2.05, 4.69) is 19.9 Å². The number of rotatable bonds is 3. The van der Waals surface area contributed by atoms with Crippen molar-refractivity contribution in [2.45, 2.75) is 4.90 Å². The Balaban J connectivity index is 2.18. The third kappa shape index (κ3) is 2.27. The molecule has 0 atom stereocenters. The number of carbonyl (C=O) groups is 1. The number of nitrogens with zero attached hydrogens (tertiary/aromatic N) is 2. The van der Waals surface area contributed by atoms with Crippen molar-refractivity contribution in [1.82, 2.24) is 19.9 Å². The van der Waals surface area contributed by atoms with Crippen LogP contribution in [0.5, 0.6) is 0 Å². The molecule has 0 saturated heterocycles. The summed E-state index contributed by atoms with van der Waals surface area (Å²) in [7, 11) is -3.32. The molecule has 1 aromatic carbocycles. The second-order valence-corrected chi connectivity index (χ2v) is 6.48. The molecule has 0 aliphatic carbocycles. The van der Waals surface area contributed by atoms with Crippen molar-refractivity contribution in [2.24, 2.45) is 0 Å². The lowest BCUT2D eigenvalue weighted by Gasteiger charge is -1.96. The highest BCUT2D eigenvalue weighted by Crippen LogP contribution is 2.23. The van der Waals surface area contributed by atoms with Gasteiger partial charge in [0.05, 0.1) is 22.3 Å². The van der Waals surface area contributed by atoms with Gasteiger partial charge in [0.1, 0.15) is 5.69 Å². The standard InChI is InChI=1S/C12H10N4O4S/c1-21(19,20)6-2-3-7-8(4-6)16-11(15-7)9-10(12(17)18)14-5-13-9/h2-5H,1H3,(H,13,14)(H,15,16)(H,17,18). The number of fused-ring (bicyclic) bond motifs is 1. The Morgan fingerprint density at radius 3 is 2.76 bits per heavy atom. The lowest BCUT2D eigenvalue weighted by Crippen LogP contribution is -1.99. The zero-order valence-electron chi connectivity index (χ0n) is 10.8. The SMILES string of the molecule is CS(=O)(=O)c1ccc2nc(-c3nc[nH]c3C(=O)O)[nH]c2c1. The molecule has 108 valence electrons. The van der Waals surface area contributed by atoms with Crippen LogP contribution in [-0.4, -0.2) is 45.7 Å². The van der Waals surface area contributed by atoms with Gasteiger partial charge in [-0.25, -0.2) is 23.2 Å². The van der Waals surface area contributed by atoms with E-state index < -0.39 is 15.8 Å². The van der Waals surface area contributed by atoms with E-state index in [1.807, 2.05) is 0 Å². The summed E-state index contributed by atoms with van der Waals surface area (Å²) in [6.07, 6.45) is 2.37. The van der Waals surface area contributed by atoms with E-state index in [0.717, 1.165) is 6.26 Å². The Labute approximate surface area is 118 Å². The summed E-state index contributed by atoms with van der Waals surface area (Å²) in [5.74, 6) is -0.894. The highest BCUT2D eigenvalue weighted by atomic mass is 32.2. The fourth-order valence-electron chi connectivity index (χ4n) is 1.97. The second kappa shape index (κ2) is 4.42. The van der Waals surface area contributed by atoms with Crippen molar-refractivity contribution in [1.29, 1.82) is 0 Å². The number of hydrogen-bond donors (Lipinski definition) is 3. The number of aromatic amines is 2. The van der Waals surface area contributed by atoms with Crippen LogP contribution in [0.1, 0.15) is 10.5 Å². The monoisotopic (exact) mass is 306 g/mol. The van der Waals surface area contributed by atoms with Crippen molar-refractivity contribution in [3.8, 4) is 11.5 Å². The maximum Gasteiger partial charge on any atom is 0.354 e. The molecular weight excluding hydrogens is 296 g/mol. The third-order valence-corrected chi connectivity index (χ3v) is 4.07. The molecule has 21 heavy (non-hydrogen) atoms. The zero-order valence-corrected chi connectivity index (χ0v) is 11.6. The van der Waals surface area contributed by atoms with Gasteiger partial charge in [-0.05, 0) is 18.2 Å². The van der Waals surface area contributed by atoms with Crippen LogP contribution in [0.25, 0.3) is 22.6 Å². The lowest BCUT2D eigenvalue weighted by molar-refractivity contribution is 0.0692. The summed E-state index contributed by atoms with van der Waals surface area (Å²) in [6, 6.07) is 4.46. The number of benzene rings is 1. The Bertz CT molecular complexity index is 955. The molecule has 0 bridgehead atoms. The molecular formula is C12H10N4O4S. The van der Waals surface area contributed by atoms with E-state index in [1.165, 1.54) is 18.5 Å². The number of imidazole rings is 2. The number of H-pyrrole nitrogens is 2. The average molecular weight is 306 g/mol. The number of aromatic nitrogens is 4. The number of aromatic carboxylic acids is 1. The van der Waals surface area contributed by atoms with Crippen LogP contribution in [0.15, 0.2) is 29.4 Å². The van der Waals surface area contributed by atoms with Gasteiger partial charge in [-0.2, -0.15) is 0 Å². The van der Waals surface area contributed by atoms with Gasteiger partial charge in [0, 0.05) is 6.26 Å². The van der Waals surface area contributed by atoms with Gasteiger partial charge in [0.2, 0.25) is 0 Å². The summed E-state index contributed by atoms with van der Waals surface area (Å²) in [5, 5.41) is 9.05. The Kier molecular flexibility index (Phi) is 2.80. The van der Waals surface area contributed by atoms with E-state index in [1.54, 1.807) is 6.07 Å². The maximum atomic E-state index is 11.5. The average Bonchev–Trinajstić information content (AvgIpc) is 3.02.